The molecule has 0 aliphatic carbocycles. The Kier molecular flexibility index (Phi) is 7.89. The Balaban J connectivity index is 2.39. The van der Waals surface area contributed by atoms with Crippen LogP contribution in [0.2, 0.25) is 0 Å². The average molecular weight is 525 g/mol. The molecule has 160 valence electrons. The smallest absolute Gasteiger partial charge is 0.361 e. The first-order valence-electron chi connectivity index (χ1n) is 8.56. The summed E-state index contributed by atoms with van der Waals surface area (Å²) in [6, 6.07) is 0. The molecular formula is C16H20IN3O9. The molecule has 0 saturated carbocycles. The van der Waals surface area contributed by atoms with Crippen LogP contribution in [0.4, 0.5) is 0 Å². The molecule has 0 bridgehead atoms. The number of halogens is 1. The fourth-order valence-electron chi connectivity index (χ4n) is 2.66. The molecule has 0 N–H and O–H groups in total. The van der Waals surface area contributed by atoms with Crippen molar-refractivity contribution < 1.29 is 42.9 Å². The van der Waals surface area contributed by atoms with E-state index in [1.807, 2.05) is 22.6 Å². The maximum absolute atomic E-state index is 12.0. The normalized spacial score (nSPS) is 23.3. The zero-order valence-corrected chi connectivity index (χ0v) is 18.3. The van der Waals surface area contributed by atoms with E-state index in [0.29, 0.717) is 0 Å². The third-order valence-corrected chi connectivity index (χ3v) is 4.69. The minimum absolute atomic E-state index is 0.0508. The molecule has 12 nitrogen and oxygen atoms in total. The van der Waals surface area contributed by atoms with Crippen molar-refractivity contribution in [1.82, 2.24) is 15.0 Å². The number of carbonyl (C=O) groups is 4. The zero-order chi connectivity index (χ0) is 21.7. The van der Waals surface area contributed by atoms with Crippen molar-refractivity contribution in [3.63, 3.8) is 0 Å². The van der Waals surface area contributed by atoms with Crippen LogP contribution in [0.5, 0.6) is 0 Å². The lowest BCUT2D eigenvalue weighted by Crippen LogP contribution is -2.40. The maximum atomic E-state index is 12.0. The number of aromatic nitrogens is 3. The van der Waals surface area contributed by atoms with Crippen LogP contribution < -0.4 is 0 Å². The standard InChI is InChI=1S/C16H20IN3O9/c1-5-25-16(24)11-14(17)20(19-18-11)15-13(28-9(4)23)12(27-8(3)22)10(29-15)6-26-7(2)21/h10,12-13,15H,5-6H2,1-4H3/t10-,12-,13-,15-/m1/s1. The molecule has 29 heavy (non-hydrogen) atoms. The van der Waals surface area contributed by atoms with E-state index >= 15 is 0 Å². The van der Waals surface area contributed by atoms with Gasteiger partial charge in [0.05, 0.1) is 6.61 Å². The van der Waals surface area contributed by atoms with Crippen molar-refractivity contribution in [2.45, 2.75) is 52.2 Å². The van der Waals surface area contributed by atoms with Gasteiger partial charge in [-0.25, -0.2) is 9.48 Å². The van der Waals surface area contributed by atoms with Gasteiger partial charge in [0.25, 0.3) is 0 Å². The van der Waals surface area contributed by atoms with E-state index in [0.717, 1.165) is 0 Å². The number of ether oxygens (including phenoxy) is 5. The van der Waals surface area contributed by atoms with Crippen LogP contribution in [0, 0.1) is 3.70 Å². The lowest BCUT2D eigenvalue weighted by molar-refractivity contribution is -0.166. The third-order valence-electron chi connectivity index (χ3n) is 3.69. The van der Waals surface area contributed by atoms with E-state index in [4.69, 9.17) is 23.7 Å². The van der Waals surface area contributed by atoms with E-state index in [2.05, 4.69) is 10.3 Å². The van der Waals surface area contributed by atoms with Crippen molar-refractivity contribution in [3.05, 3.63) is 9.39 Å². The van der Waals surface area contributed by atoms with Gasteiger partial charge in [-0.3, -0.25) is 14.4 Å². The van der Waals surface area contributed by atoms with Gasteiger partial charge < -0.3 is 23.7 Å². The molecule has 1 aliphatic heterocycles. The highest BCUT2D eigenvalue weighted by Gasteiger charge is 2.51. The van der Waals surface area contributed by atoms with Crippen LogP contribution in [0.1, 0.15) is 44.4 Å². The van der Waals surface area contributed by atoms with E-state index in [9.17, 15) is 19.2 Å². The van der Waals surface area contributed by atoms with Crippen molar-refractivity contribution in [2.24, 2.45) is 0 Å². The molecule has 2 heterocycles. The Morgan fingerprint density at radius 3 is 2.21 bits per heavy atom. The Hall–Kier alpha value is -2.29. The minimum atomic E-state index is -1.12. The molecule has 1 aromatic rings. The van der Waals surface area contributed by atoms with Gasteiger partial charge >= 0.3 is 23.9 Å². The maximum Gasteiger partial charge on any atom is 0.361 e. The van der Waals surface area contributed by atoms with Gasteiger partial charge in [-0.15, -0.1) is 5.10 Å². The fourth-order valence-corrected chi connectivity index (χ4v) is 3.36. The first kappa shape index (κ1) is 23.0. The monoisotopic (exact) mass is 525 g/mol. The molecule has 1 aliphatic rings. The summed E-state index contributed by atoms with van der Waals surface area (Å²) in [5.74, 6) is -2.56. The van der Waals surface area contributed by atoms with Crippen molar-refractivity contribution in [3.8, 4) is 0 Å². The average Bonchev–Trinajstić information content (AvgIpc) is 3.14. The second kappa shape index (κ2) is 9.96. The quantitative estimate of drug-likeness (QED) is 0.277. The first-order valence-corrected chi connectivity index (χ1v) is 9.64. The van der Waals surface area contributed by atoms with E-state index < -0.39 is 48.4 Å². The molecule has 0 amide bonds. The molecule has 1 aromatic heterocycles. The molecule has 0 aromatic carbocycles. The topological polar surface area (TPSA) is 145 Å². The molecule has 0 spiro atoms. The number of hydrogen-bond acceptors (Lipinski definition) is 11. The second-order valence-corrected chi connectivity index (χ2v) is 6.93. The number of hydrogen-bond donors (Lipinski definition) is 0. The van der Waals surface area contributed by atoms with Crippen LogP contribution in [0.25, 0.3) is 0 Å². The van der Waals surface area contributed by atoms with Gasteiger partial charge in [0.15, 0.2) is 18.4 Å². The summed E-state index contributed by atoms with van der Waals surface area (Å²) in [5, 5.41) is 7.69. The van der Waals surface area contributed by atoms with Crippen LogP contribution >= 0.6 is 22.6 Å². The number of carbonyl (C=O) groups excluding carboxylic acids is 4. The first-order chi connectivity index (χ1) is 13.6. The highest BCUT2D eigenvalue weighted by Crippen LogP contribution is 2.35. The van der Waals surface area contributed by atoms with E-state index in [1.54, 1.807) is 6.92 Å². The highest BCUT2D eigenvalue weighted by molar-refractivity contribution is 14.1. The zero-order valence-electron chi connectivity index (χ0n) is 16.1. The Labute approximate surface area is 179 Å². The van der Waals surface area contributed by atoms with Crippen molar-refractivity contribution >= 4 is 46.5 Å². The van der Waals surface area contributed by atoms with Gasteiger partial charge in [0, 0.05) is 20.8 Å². The van der Waals surface area contributed by atoms with Crippen molar-refractivity contribution in [2.75, 3.05) is 13.2 Å². The highest BCUT2D eigenvalue weighted by atomic mass is 127. The minimum Gasteiger partial charge on any atom is -0.463 e. The Bertz CT molecular complexity index is 797. The van der Waals surface area contributed by atoms with Crippen LogP contribution in [0.15, 0.2) is 0 Å². The Morgan fingerprint density at radius 2 is 1.66 bits per heavy atom. The molecule has 1 fully saturated rings. The summed E-state index contributed by atoms with van der Waals surface area (Å²) in [5.41, 5.74) is -0.0508. The summed E-state index contributed by atoms with van der Waals surface area (Å²) in [7, 11) is 0. The third kappa shape index (κ3) is 5.62. The fraction of sp³-hybridized carbons (Fsp3) is 0.625. The molecule has 0 unspecified atom stereocenters. The molecule has 1 saturated heterocycles. The molecule has 4 atom stereocenters. The number of nitrogens with zero attached hydrogens (tertiary/aromatic N) is 3. The summed E-state index contributed by atoms with van der Waals surface area (Å²) >= 11 is 1.82. The summed E-state index contributed by atoms with van der Waals surface area (Å²) in [6.45, 7) is 5.11. The van der Waals surface area contributed by atoms with E-state index in [1.165, 1.54) is 25.5 Å². The summed E-state index contributed by atoms with van der Waals surface area (Å²) in [4.78, 5) is 46.4. The SMILES string of the molecule is CCOC(=O)c1nnn([C@@H]2O[C@H](COC(C)=O)[C@@H](OC(C)=O)[C@H]2OC(C)=O)c1I. The summed E-state index contributed by atoms with van der Waals surface area (Å²) in [6.07, 6.45) is -4.23. The molecule has 13 heteroatoms. The van der Waals surface area contributed by atoms with Gasteiger partial charge in [-0.05, 0) is 29.5 Å². The van der Waals surface area contributed by atoms with Crippen LogP contribution in [-0.2, 0) is 38.1 Å². The molecule has 2 rings (SSSR count). The van der Waals surface area contributed by atoms with Gasteiger partial charge in [0.1, 0.15) is 16.4 Å². The van der Waals surface area contributed by atoms with Gasteiger partial charge in [-0.2, -0.15) is 0 Å². The Morgan fingerprint density at radius 1 is 1.03 bits per heavy atom. The van der Waals surface area contributed by atoms with Crippen molar-refractivity contribution in [1.29, 1.82) is 0 Å². The lowest BCUT2D eigenvalue weighted by atomic mass is 10.1. The number of rotatable bonds is 7. The van der Waals surface area contributed by atoms with Crippen LogP contribution in [0.3, 0.4) is 0 Å². The molecule has 0 radical (unpaired) electrons. The predicted octanol–water partition coefficient (Wildman–Crippen LogP) is 0.383. The largest absolute Gasteiger partial charge is 0.463 e. The lowest BCUT2D eigenvalue weighted by Gasteiger charge is -2.23. The summed E-state index contributed by atoms with van der Waals surface area (Å²) < 4.78 is 27.8. The predicted molar refractivity (Wildman–Crippen MR) is 100 cm³/mol. The van der Waals surface area contributed by atoms with Gasteiger partial charge in [-0.1, -0.05) is 5.21 Å². The van der Waals surface area contributed by atoms with Crippen LogP contribution in [-0.4, -0.2) is 70.4 Å². The van der Waals surface area contributed by atoms with E-state index in [-0.39, 0.29) is 22.6 Å². The number of esters is 4. The second-order valence-electron chi connectivity index (χ2n) is 5.91. The van der Waals surface area contributed by atoms with Gasteiger partial charge in [0.2, 0.25) is 5.69 Å². The molecular weight excluding hydrogens is 505 g/mol.